The Kier molecular flexibility index (Phi) is 2.43. The molecule has 0 radical (unpaired) electrons. The lowest BCUT2D eigenvalue weighted by Gasteiger charge is -2.05. The van der Waals surface area contributed by atoms with Crippen molar-refractivity contribution >= 4 is 22.4 Å². The summed E-state index contributed by atoms with van der Waals surface area (Å²) in [4.78, 5) is 12.7. The van der Waals surface area contributed by atoms with Crippen LogP contribution < -0.4 is 0 Å². The Bertz CT molecular complexity index is 913. The van der Waals surface area contributed by atoms with Gasteiger partial charge in [0.2, 0.25) is 0 Å². The molecule has 21 heavy (non-hydrogen) atoms. The molecule has 0 bridgehead atoms. The van der Waals surface area contributed by atoms with Crippen molar-refractivity contribution in [3.05, 3.63) is 77.0 Å². The second kappa shape index (κ2) is 4.19. The number of benzene rings is 2. The van der Waals surface area contributed by atoms with Crippen molar-refractivity contribution in [3.8, 4) is 0 Å². The maximum atomic E-state index is 12.7. The first-order valence-corrected chi connectivity index (χ1v) is 7.11. The zero-order chi connectivity index (χ0) is 14.6. The highest BCUT2D eigenvalue weighted by atomic mass is 16.2. The molecule has 1 aliphatic rings. The van der Waals surface area contributed by atoms with Crippen LogP contribution in [-0.4, -0.2) is 10.5 Å². The van der Waals surface area contributed by atoms with E-state index in [9.17, 15) is 4.79 Å². The van der Waals surface area contributed by atoms with Crippen molar-refractivity contribution in [1.82, 2.24) is 4.57 Å². The molecule has 1 aromatic heterocycles. The maximum Gasteiger partial charge on any atom is 0.259 e. The molecule has 102 valence electrons. The Morgan fingerprint density at radius 2 is 1.52 bits per heavy atom. The van der Waals surface area contributed by atoms with E-state index >= 15 is 0 Å². The molecular weight excluding hydrogens is 258 g/mol. The predicted molar refractivity (Wildman–Crippen MR) is 85.4 cm³/mol. The molecular formula is C19H15NO. The van der Waals surface area contributed by atoms with Gasteiger partial charge in [-0.05, 0) is 31.0 Å². The molecule has 2 aromatic carbocycles. The lowest BCUT2D eigenvalue weighted by molar-refractivity contribution is 0.0966. The summed E-state index contributed by atoms with van der Waals surface area (Å²) in [5, 5.41) is 1.15. The van der Waals surface area contributed by atoms with Gasteiger partial charge in [-0.2, -0.15) is 0 Å². The summed E-state index contributed by atoms with van der Waals surface area (Å²) in [6.45, 7) is 4.02. The van der Waals surface area contributed by atoms with Gasteiger partial charge in [-0.25, -0.2) is 0 Å². The summed E-state index contributed by atoms with van der Waals surface area (Å²) in [6, 6.07) is 18.3. The minimum Gasteiger partial charge on any atom is -0.276 e. The minimum atomic E-state index is 0.0909. The van der Waals surface area contributed by atoms with Crippen LogP contribution in [0, 0.1) is 6.92 Å². The van der Waals surface area contributed by atoms with Crippen LogP contribution in [-0.2, 0) is 0 Å². The van der Waals surface area contributed by atoms with E-state index in [1.165, 1.54) is 5.56 Å². The number of carbonyl (C=O) groups is 1. The smallest absolute Gasteiger partial charge is 0.259 e. The average Bonchev–Trinajstić information content (AvgIpc) is 2.95. The molecule has 0 saturated carbocycles. The lowest BCUT2D eigenvalue weighted by Crippen LogP contribution is -2.06. The largest absolute Gasteiger partial charge is 0.276 e. The first-order valence-electron chi connectivity index (χ1n) is 7.11. The highest BCUT2D eigenvalue weighted by Gasteiger charge is 2.31. The van der Waals surface area contributed by atoms with Crippen molar-refractivity contribution in [2.24, 2.45) is 0 Å². The Hall–Kier alpha value is -2.61. The maximum absolute atomic E-state index is 12.7. The summed E-state index contributed by atoms with van der Waals surface area (Å²) < 4.78 is 1.86. The molecule has 0 saturated heterocycles. The van der Waals surface area contributed by atoms with E-state index in [1.54, 1.807) is 0 Å². The number of fused-ring (bicyclic) bond motifs is 3. The first kappa shape index (κ1) is 12.2. The SMILES string of the molecule is CC1=C(c2ccccc2)c2c(C)c3ccccc3n2C1=O. The Morgan fingerprint density at radius 3 is 2.29 bits per heavy atom. The topological polar surface area (TPSA) is 22.0 Å². The average molecular weight is 273 g/mol. The number of carbonyl (C=O) groups excluding carboxylic acids is 1. The Balaban J connectivity index is 2.12. The molecule has 0 atom stereocenters. The molecule has 2 heteroatoms. The highest BCUT2D eigenvalue weighted by Crippen LogP contribution is 2.40. The second-order valence-corrected chi connectivity index (χ2v) is 5.50. The third-order valence-corrected chi connectivity index (χ3v) is 4.33. The number of hydrogen-bond acceptors (Lipinski definition) is 1. The summed E-state index contributed by atoms with van der Waals surface area (Å²) in [6.07, 6.45) is 0. The molecule has 3 aromatic rings. The zero-order valence-corrected chi connectivity index (χ0v) is 12.1. The second-order valence-electron chi connectivity index (χ2n) is 5.50. The molecule has 0 spiro atoms. The Morgan fingerprint density at radius 1 is 0.857 bits per heavy atom. The van der Waals surface area contributed by atoms with Gasteiger partial charge in [0, 0.05) is 16.5 Å². The van der Waals surface area contributed by atoms with Crippen molar-refractivity contribution in [3.63, 3.8) is 0 Å². The highest BCUT2D eigenvalue weighted by molar-refractivity contribution is 6.16. The summed E-state index contributed by atoms with van der Waals surface area (Å²) >= 11 is 0. The monoisotopic (exact) mass is 273 g/mol. The van der Waals surface area contributed by atoms with Gasteiger partial charge < -0.3 is 0 Å². The fourth-order valence-corrected chi connectivity index (χ4v) is 3.32. The van der Waals surface area contributed by atoms with Gasteiger partial charge in [0.1, 0.15) is 0 Å². The van der Waals surface area contributed by atoms with Crippen molar-refractivity contribution < 1.29 is 4.79 Å². The number of para-hydroxylation sites is 1. The van der Waals surface area contributed by atoms with E-state index in [0.717, 1.165) is 33.3 Å². The number of nitrogens with zero attached hydrogens (tertiary/aromatic N) is 1. The van der Waals surface area contributed by atoms with E-state index in [2.05, 4.69) is 25.1 Å². The van der Waals surface area contributed by atoms with E-state index in [4.69, 9.17) is 0 Å². The fourth-order valence-electron chi connectivity index (χ4n) is 3.32. The molecule has 2 heterocycles. The standard InChI is InChI=1S/C19H15NO/c1-12-15-10-6-7-11-16(15)20-18(12)17(13(2)19(20)21)14-8-4-3-5-9-14/h3-11H,1-2H3. The summed E-state index contributed by atoms with van der Waals surface area (Å²) in [7, 11) is 0. The number of hydrogen-bond donors (Lipinski definition) is 0. The molecule has 0 amide bonds. The quantitative estimate of drug-likeness (QED) is 0.643. The van der Waals surface area contributed by atoms with Gasteiger partial charge in [-0.3, -0.25) is 9.36 Å². The van der Waals surface area contributed by atoms with E-state index < -0.39 is 0 Å². The minimum absolute atomic E-state index is 0.0909. The fraction of sp³-hybridized carbons (Fsp3) is 0.105. The predicted octanol–water partition coefficient (Wildman–Crippen LogP) is 4.43. The van der Waals surface area contributed by atoms with Gasteiger partial charge in [0.05, 0.1) is 11.2 Å². The number of aryl methyl sites for hydroxylation is 1. The summed E-state index contributed by atoms with van der Waals surface area (Å²) in [5.41, 5.74) is 6.21. The van der Waals surface area contributed by atoms with Gasteiger partial charge >= 0.3 is 0 Å². The van der Waals surface area contributed by atoms with Crippen LogP contribution in [0.15, 0.2) is 60.2 Å². The van der Waals surface area contributed by atoms with Crippen LogP contribution in [0.25, 0.3) is 16.5 Å². The number of allylic oxidation sites excluding steroid dienone is 1. The molecule has 0 N–H and O–H groups in total. The van der Waals surface area contributed by atoms with E-state index in [1.807, 2.05) is 47.9 Å². The van der Waals surface area contributed by atoms with Crippen LogP contribution in [0.5, 0.6) is 0 Å². The lowest BCUT2D eigenvalue weighted by atomic mass is 9.97. The molecule has 0 fully saturated rings. The number of aromatic nitrogens is 1. The van der Waals surface area contributed by atoms with Crippen LogP contribution in [0.2, 0.25) is 0 Å². The van der Waals surface area contributed by atoms with E-state index in [-0.39, 0.29) is 5.91 Å². The third-order valence-electron chi connectivity index (χ3n) is 4.33. The molecule has 0 unspecified atom stereocenters. The van der Waals surface area contributed by atoms with Gasteiger partial charge in [-0.15, -0.1) is 0 Å². The van der Waals surface area contributed by atoms with Crippen LogP contribution in [0.1, 0.15) is 28.5 Å². The molecule has 2 nitrogen and oxygen atoms in total. The first-order chi connectivity index (χ1) is 10.2. The zero-order valence-electron chi connectivity index (χ0n) is 12.1. The van der Waals surface area contributed by atoms with Crippen LogP contribution >= 0.6 is 0 Å². The van der Waals surface area contributed by atoms with Gasteiger partial charge in [-0.1, -0.05) is 48.5 Å². The number of rotatable bonds is 1. The third kappa shape index (κ3) is 1.50. The van der Waals surface area contributed by atoms with Gasteiger partial charge in [0.15, 0.2) is 0 Å². The molecule has 1 aliphatic heterocycles. The van der Waals surface area contributed by atoms with Gasteiger partial charge in [0.25, 0.3) is 5.91 Å². The summed E-state index contributed by atoms with van der Waals surface area (Å²) in [5.74, 6) is 0.0909. The normalized spacial score (nSPS) is 14.1. The van der Waals surface area contributed by atoms with E-state index in [0.29, 0.717) is 0 Å². The molecule has 0 aliphatic carbocycles. The van der Waals surface area contributed by atoms with Crippen molar-refractivity contribution in [2.45, 2.75) is 13.8 Å². The van der Waals surface area contributed by atoms with Crippen molar-refractivity contribution in [1.29, 1.82) is 0 Å². The van der Waals surface area contributed by atoms with Crippen LogP contribution in [0.3, 0.4) is 0 Å². The van der Waals surface area contributed by atoms with Crippen LogP contribution in [0.4, 0.5) is 0 Å². The molecule has 4 rings (SSSR count). The van der Waals surface area contributed by atoms with Crippen molar-refractivity contribution in [2.75, 3.05) is 0 Å². The Labute approximate surface area is 123 Å².